The molecule has 0 saturated carbocycles. The minimum atomic E-state index is -0.360. The summed E-state index contributed by atoms with van der Waals surface area (Å²) >= 11 is 0. The van der Waals surface area contributed by atoms with E-state index >= 15 is 0 Å². The minimum absolute atomic E-state index is 0.0235. The lowest BCUT2D eigenvalue weighted by molar-refractivity contribution is -0.123. The molecule has 2 unspecified atom stereocenters. The van der Waals surface area contributed by atoms with Crippen LogP contribution in [-0.2, 0) is 4.79 Å². The summed E-state index contributed by atoms with van der Waals surface area (Å²) < 4.78 is 0. The highest BCUT2D eigenvalue weighted by Crippen LogP contribution is 2.04. The molecule has 1 amide bonds. The molecule has 0 aromatic carbocycles. The summed E-state index contributed by atoms with van der Waals surface area (Å²) in [6.45, 7) is 2.89. The quantitative estimate of drug-likeness (QED) is 0.643. The Balaban J connectivity index is 2.22. The molecule has 3 N–H and O–H groups in total. The lowest BCUT2D eigenvalue weighted by atomic mass is 10.1. The third kappa shape index (κ3) is 3.32. The average Bonchev–Trinajstić information content (AvgIpc) is 2.57. The van der Waals surface area contributed by atoms with Crippen LogP contribution in [0.1, 0.15) is 32.6 Å². The van der Waals surface area contributed by atoms with Crippen LogP contribution in [0.4, 0.5) is 0 Å². The Morgan fingerprint density at radius 3 is 3.08 bits per heavy atom. The van der Waals surface area contributed by atoms with Gasteiger partial charge in [0.15, 0.2) is 0 Å². The van der Waals surface area contributed by atoms with Crippen LogP contribution < -0.4 is 16.4 Å². The van der Waals surface area contributed by atoms with Crippen LogP contribution >= 0.6 is 0 Å². The van der Waals surface area contributed by atoms with Crippen LogP contribution in [0.2, 0.25) is 0 Å². The van der Waals surface area contributed by atoms with Gasteiger partial charge < -0.3 is 11.1 Å². The summed E-state index contributed by atoms with van der Waals surface area (Å²) in [5, 5.41) is 7.06. The van der Waals surface area contributed by atoms with Crippen molar-refractivity contribution in [2.75, 3.05) is 6.54 Å². The maximum Gasteiger partial charge on any atom is 0.238 e. The van der Waals surface area contributed by atoms with Crippen LogP contribution in [0.5, 0.6) is 0 Å². The van der Waals surface area contributed by atoms with Gasteiger partial charge in [-0.3, -0.25) is 4.79 Å². The standard InChI is InChI=1S/C9H18N3O/c1-2-4-7(10)9(13)12-8-5-3-6-11-8/h7-8H,2-6,10H2,1H3,(H,12,13). The minimum Gasteiger partial charge on any atom is -0.338 e. The fraction of sp³-hybridized carbons (Fsp3) is 0.889. The Labute approximate surface area is 79.3 Å². The fourth-order valence-electron chi connectivity index (χ4n) is 1.45. The lowest BCUT2D eigenvalue weighted by Crippen LogP contribution is -2.46. The van der Waals surface area contributed by atoms with Crippen molar-refractivity contribution in [3.63, 3.8) is 0 Å². The fourth-order valence-corrected chi connectivity index (χ4v) is 1.45. The van der Waals surface area contributed by atoms with Gasteiger partial charge in [-0.25, -0.2) is 5.32 Å². The number of hydrogen-bond donors (Lipinski definition) is 2. The molecule has 0 spiro atoms. The van der Waals surface area contributed by atoms with Crippen LogP contribution in [0.25, 0.3) is 0 Å². The van der Waals surface area contributed by atoms with Crippen LogP contribution in [0, 0.1) is 0 Å². The van der Waals surface area contributed by atoms with Crippen molar-refractivity contribution in [2.45, 2.75) is 44.8 Å². The van der Waals surface area contributed by atoms with Crippen LogP contribution in [-0.4, -0.2) is 24.7 Å². The first-order valence-electron chi connectivity index (χ1n) is 4.96. The smallest absolute Gasteiger partial charge is 0.238 e. The molecule has 1 heterocycles. The maximum atomic E-state index is 11.4. The molecule has 2 atom stereocenters. The second-order valence-corrected chi connectivity index (χ2v) is 3.47. The van der Waals surface area contributed by atoms with E-state index in [-0.39, 0.29) is 18.1 Å². The molecule has 0 aromatic heterocycles. The van der Waals surface area contributed by atoms with E-state index in [4.69, 9.17) is 5.73 Å². The number of nitrogens with two attached hydrogens (primary N) is 1. The van der Waals surface area contributed by atoms with Gasteiger partial charge in [0, 0.05) is 6.54 Å². The number of rotatable bonds is 4. The van der Waals surface area contributed by atoms with Gasteiger partial charge >= 0.3 is 0 Å². The first-order chi connectivity index (χ1) is 6.24. The van der Waals surface area contributed by atoms with E-state index in [0.717, 1.165) is 32.2 Å². The highest BCUT2D eigenvalue weighted by Gasteiger charge is 2.20. The van der Waals surface area contributed by atoms with Gasteiger partial charge in [-0.05, 0) is 19.3 Å². The third-order valence-corrected chi connectivity index (χ3v) is 2.23. The number of nitrogens with one attached hydrogen (secondary N) is 1. The average molecular weight is 184 g/mol. The molecule has 13 heavy (non-hydrogen) atoms. The van der Waals surface area contributed by atoms with Crippen molar-refractivity contribution in [3.8, 4) is 0 Å². The van der Waals surface area contributed by atoms with Crippen LogP contribution in [0.3, 0.4) is 0 Å². The van der Waals surface area contributed by atoms with Crippen molar-refractivity contribution >= 4 is 5.91 Å². The number of carbonyl (C=O) groups excluding carboxylic acids is 1. The Hall–Kier alpha value is -0.610. The zero-order chi connectivity index (χ0) is 9.68. The summed E-state index contributed by atoms with van der Waals surface area (Å²) in [6, 6.07) is -0.360. The largest absolute Gasteiger partial charge is 0.338 e. The predicted molar refractivity (Wildman–Crippen MR) is 51.0 cm³/mol. The maximum absolute atomic E-state index is 11.4. The van der Waals surface area contributed by atoms with Gasteiger partial charge in [0.25, 0.3) is 0 Å². The Kier molecular flexibility index (Phi) is 4.18. The van der Waals surface area contributed by atoms with Crippen molar-refractivity contribution < 1.29 is 4.79 Å². The molecule has 0 aliphatic carbocycles. The molecule has 0 bridgehead atoms. The summed E-state index contributed by atoms with van der Waals surface area (Å²) in [5.41, 5.74) is 5.65. The number of amides is 1. The lowest BCUT2D eigenvalue weighted by Gasteiger charge is -2.15. The molecule has 4 heteroatoms. The summed E-state index contributed by atoms with van der Waals surface area (Å²) in [7, 11) is 0. The molecule has 4 nitrogen and oxygen atoms in total. The molecular weight excluding hydrogens is 166 g/mol. The van der Waals surface area contributed by atoms with E-state index in [1.165, 1.54) is 0 Å². The number of carbonyl (C=O) groups is 1. The topological polar surface area (TPSA) is 69.2 Å². The van der Waals surface area contributed by atoms with E-state index in [1.54, 1.807) is 0 Å². The highest BCUT2D eigenvalue weighted by molar-refractivity contribution is 5.81. The second-order valence-electron chi connectivity index (χ2n) is 3.47. The zero-order valence-corrected chi connectivity index (χ0v) is 8.12. The van der Waals surface area contributed by atoms with E-state index in [2.05, 4.69) is 10.6 Å². The predicted octanol–water partition coefficient (Wildman–Crippen LogP) is -0.0457. The molecule has 75 valence electrons. The normalized spacial score (nSPS) is 24.3. The van der Waals surface area contributed by atoms with Crippen molar-refractivity contribution in [1.29, 1.82) is 0 Å². The molecule has 1 aliphatic rings. The van der Waals surface area contributed by atoms with Gasteiger partial charge in [0.2, 0.25) is 5.91 Å². The van der Waals surface area contributed by atoms with Crippen molar-refractivity contribution in [2.24, 2.45) is 5.73 Å². The monoisotopic (exact) mass is 184 g/mol. The van der Waals surface area contributed by atoms with E-state index in [9.17, 15) is 4.79 Å². The van der Waals surface area contributed by atoms with Crippen molar-refractivity contribution in [1.82, 2.24) is 10.6 Å². The molecule has 0 aromatic rings. The van der Waals surface area contributed by atoms with Crippen molar-refractivity contribution in [3.05, 3.63) is 0 Å². The number of hydrogen-bond acceptors (Lipinski definition) is 2. The molecule has 1 fully saturated rings. The Morgan fingerprint density at radius 1 is 1.77 bits per heavy atom. The van der Waals surface area contributed by atoms with E-state index < -0.39 is 0 Å². The first kappa shape index (κ1) is 10.5. The zero-order valence-electron chi connectivity index (χ0n) is 8.12. The molecule has 1 radical (unpaired) electrons. The Bertz CT molecular complexity index is 166. The SMILES string of the molecule is CCCC(N)C(=O)NC1CCC[N]1. The van der Waals surface area contributed by atoms with Gasteiger partial charge in [0.05, 0.1) is 12.2 Å². The first-order valence-corrected chi connectivity index (χ1v) is 4.96. The third-order valence-electron chi connectivity index (χ3n) is 2.23. The summed E-state index contributed by atoms with van der Waals surface area (Å²) in [4.78, 5) is 11.4. The van der Waals surface area contributed by atoms with Gasteiger partial charge in [-0.15, -0.1) is 0 Å². The van der Waals surface area contributed by atoms with Gasteiger partial charge in [0.1, 0.15) is 0 Å². The van der Waals surface area contributed by atoms with Crippen LogP contribution in [0.15, 0.2) is 0 Å². The molecule has 1 rings (SSSR count). The van der Waals surface area contributed by atoms with Gasteiger partial charge in [-0.1, -0.05) is 13.3 Å². The van der Waals surface area contributed by atoms with E-state index in [0.29, 0.717) is 0 Å². The molecule has 1 aliphatic heterocycles. The van der Waals surface area contributed by atoms with E-state index in [1.807, 2.05) is 6.92 Å². The number of nitrogens with zero attached hydrogens (tertiary/aromatic N) is 1. The highest BCUT2D eigenvalue weighted by atomic mass is 16.2. The Morgan fingerprint density at radius 2 is 2.54 bits per heavy atom. The summed E-state index contributed by atoms with van der Waals surface area (Å²) in [6.07, 6.45) is 3.75. The molecule has 1 saturated heterocycles. The van der Waals surface area contributed by atoms with Gasteiger partial charge in [-0.2, -0.15) is 0 Å². The second kappa shape index (κ2) is 5.19. The molecular formula is C9H18N3O. The summed E-state index contributed by atoms with van der Waals surface area (Å²) in [5.74, 6) is -0.0579.